The first kappa shape index (κ1) is 11.1. The summed E-state index contributed by atoms with van der Waals surface area (Å²) in [6.45, 7) is 2.29. The van der Waals surface area contributed by atoms with Crippen LogP contribution in [0.1, 0.15) is 0 Å². The lowest BCUT2D eigenvalue weighted by Gasteiger charge is -2.27. The van der Waals surface area contributed by atoms with Crippen molar-refractivity contribution in [3.8, 4) is 0 Å². The molecule has 1 fully saturated rings. The third-order valence-corrected chi connectivity index (χ3v) is 3.93. The number of nitrogens with zero attached hydrogens (tertiary/aromatic N) is 1. The summed E-state index contributed by atoms with van der Waals surface area (Å²) in [6, 6.07) is 3.46. The van der Waals surface area contributed by atoms with Crippen molar-refractivity contribution in [3.63, 3.8) is 0 Å². The maximum absolute atomic E-state index is 13.5. The quantitative estimate of drug-likeness (QED) is 0.771. The Bertz CT molecular complexity index is 454. The van der Waals surface area contributed by atoms with Crippen molar-refractivity contribution < 1.29 is 9.13 Å². The van der Waals surface area contributed by atoms with E-state index in [0.717, 1.165) is 24.5 Å². The molecule has 2 aliphatic rings. The van der Waals surface area contributed by atoms with Crippen molar-refractivity contribution in [1.82, 2.24) is 0 Å². The molecule has 0 aliphatic carbocycles. The van der Waals surface area contributed by atoms with Crippen LogP contribution in [-0.2, 0) is 4.74 Å². The van der Waals surface area contributed by atoms with Crippen LogP contribution in [0.3, 0.4) is 0 Å². The van der Waals surface area contributed by atoms with Gasteiger partial charge in [0.05, 0.1) is 35.7 Å². The summed E-state index contributed by atoms with van der Waals surface area (Å²) >= 11 is 5.81. The molecule has 0 radical (unpaired) electrons. The predicted molar refractivity (Wildman–Crippen MR) is 66.4 cm³/mol. The Morgan fingerprint density at radius 1 is 1.47 bits per heavy atom. The van der Waals surface area contributed by atoms with Crippen LogP contribution in [0.15, 0.2) is 12.1 Å². The minimum atomic E-state index is -0.378. The molecule has 0 aromatic heterocycles. The Balaban J connectivity index is 2.05. The Hall–Kier alpha value is -1.00. The molecule has 92 valence electrons. The zero-order valence-corrected chi connectivity index (χ0v) is 10.3. The van der Waals surface area contributed by atoms with Crippen molar-refractivity contribution >= 4 is 23.0 Å². The number of rotatable bonds is 0. The number of fused-ring (bicyclic) bond motifs is 2. The summed E-state index contributed by atoms with van der Waals surface area (Å²) in [5, 5.41) is 3.48. The molecule has 3 rings (SSSR count). The zero-order chi connectivity index (χ0) is 12.0. The molecule has 0 bridgehead atoms. The van der Waals surface area contributed by atoms with E-state index in [0.29, 0.717) is 18.6 Å². The summed E-state index contributed by atoms with van der Waals surface area (Å²) in [5.74, 6) is 0.0608. The predicted octanol–water partition coefficient (Wildman–Crippen LogP) is 2.36. The molecule has 2 unspecified atom stereocenters. The highest BCUT2D eigenvalue weighted by Gasteiger charge is 2.34. The van der Waals surface area contributed by atoms with E-state index in [9.17, 15) is 4.39 Å². The van der Waals surface area contributed by atoms with Crippen LogP contribution in [0.25, 0.3) is 0 Å². The van der Waals surface area contributed by atoms with E-state index >= 15 is 0 Å². The van der Waals surface area contributed by atoms with E-state index in [4.69, 9.17) is 16.3 Å². The van der Waals surface area contributed by atoms with Crippen LogP contribution in [0.2, 0.25) is 5.02 Å². The largest absolute Gasteiger partial charge is 0.383 e. The summed E-state index contributed by atoms with van der Waals surface area (Å²) in [6.07, 6.45) is 0. The van der Waals surface area contributed by atoms with Crippen molar-refractivity contribution in [2.75, 3.05) is 37.0 Å². The number of halogens is 2. The first-order chi connectivity index (χ1) is 8.16. The highest BCUT2D eigenvalue weighted by molar-refractivity contribution is 6.31. The van der Waals surface area contributed by atoms with Crippen molar-refractivity contribution in [2.24, 2.45) is 5.92 Å². The van der Waals surface area contributed by atoms with Gasteiger partial charge in [-0.05, 0) is 6.07 Å². The number of nitrogens with one attached hydrogen (secondary N) is 1. The van der Waals surface area contributed by atoms with Gasteiger partial charge in [-0.25, -0.2) is 4.39 Å². The van der Waals surface area contributed by atoms with Crippen LogP contribution in [0.5, 0.6) is 0 Å². The fraction of sp³-hybridized carbons (Fsp3) is 0.500. The fourth-order valence-corrected chi connectivity index (χ4v) is 2.76. The maximum atomic E-state index is 13.5. The normalized spacial score (nSPS) is 27.1. The van der Waals surface area contributed by atoms with Gasteiger partial charge in [0.25, 0.3) is 0 Å². The van der Waals surface area contributed by atoms with E-state index in [1.807, 2.05) is 7.05 Å². The first-order valence-corrected chi connectivity index (χ1v) is 6.08. The van der Waals surface area contributed by atoms with Gasteiger partial charge in [-0.1, -0.05) is 11.6 Å². The van der Waals surface area contributed by atoms with Gasteiger partial charge in [0.2, 0.25) is 0 Å². The Kier molecular flexibility index (Phi) is 2.64. The van der Waals surface area contributed by atoms with E-state index in [1.54, 1.807) is 6.07 Å². The summed E-state index contributed by atoms with van der Waals surface area (Å²) in [4.78, 5) is 2.09. The lowest BCUT2D eigenvalue weighted by Crippen LogP contribution is -2.37. The number of likely N-dealkylation sites (N-methyl/N-ethyl adjacent to an activating group) is 1. The molecule has 0 amide bonds. The number of ether oxygens (including phenoxy) is 1. The van der Waals surface area contributed by atoms with Gasteiger partial charge in [0, 0.05) is 25.6 Å². The minimum Gasteiger partial charge on any atom is -0.383 e. The van der Waals surface area contributed by atoms with E-state index in [1.165, 1.54) is 6.07 Å². The standard InChI is InChI=1S/C12H14ClFN2O/c1-16-11-3-9(14)8(13)2-10(11)15-4-7-5-17-6-12(7)16/h2-3,7,12,15H,4-6H2,1H3. The summed E-state index contributed by atoms with van der Waals surface area (Å²) < 4.78 is 19.0. The average Bonchev–Trinajstić information content (AvgIpc) is 2.73. The van der Waals surface area contributed by atoms with Crippen molar-refractivity contribution in [1.29, 1.82) is 0 Å². The van der Waals surface area contributed by atoms with Gasteiger partial charge in [-0.3, -0.25) is 0 Å². The second-order valence-electron chi connectivity index (χ2n) is 4.64. The number of benzene rings is 1. The molecule has 5 heteroatoms. The SMILES string of the molecule is CN1c2cc(F)c(Cl)cc2NCC2COCC21. The van der Waals surface area contributed by atoms with Crippen LogP contribution >= 0.6 is 11.6 Å². The molecular formula is C12H14ClFN2O. The van der Waals surface area contributed by atoms with Gasteiger partial charge in [0.15, 0.2) is 0 Å². The van der Waals surface area contributed by atoms with E-state index in [-0.39, 0.29) is 10.8 Å². The van der Waals surface area contributed by atoms with Gasteiger partial charge in [-0.2, -0.15) is 0 Å². The number of hydrogen-bond donors (Lipinski definition) is 1. The van der Waals surface area contributed by atoms with Crippen molar-refractivity contribution in [3.05, 3.63) is 23.0 Å². The Morgan fingerprint density at radius 3 is 3.12 bits per heavy atom. The van der Waals surface area contributed by atoms with Crippen molar-refractivity contribution in [2.45, 2.75) is 6.04 Å². The third kappa shape index (κ3) is 1.76. The van der Waals surface area contributed by atoms with E-state index in [2.05, 4.69) is 10.2 Å². The van der Waals surface area contributed by atoms with E-state index < -0.39 is 0 Å². The maximum Gasteiger partial charge on any atom is 0.144 e. The zero-order valence-electron chi connectivity index (χ0n) is 9.54. The second kappa shape index (κ2) is 4.03. The highest BCUT2D eigenvalue weighted by Crippen LogP contribution is 2.36. The fourth-order valence-electron chi connectivity index (χ4n) is 2.60. The van der Waals surface area contributed by atoms with Gasteiger partial charge >= 0.3 is 0 Å². The molecule has 2 atom stereocenters. The highest BCUT2D eigenvalue weighted by atomic mass is 35.5. The third-order valence-electron chi connectivity index (χ3n) is 3.64. The number of hydrogen-bond acceptors (Lipinski definition) is 3. The molecular weight excluding hydrogens is 243 g/mol. The average molecular weight is 257 g/mol. The van der Waals surface area contributed by atoms with Gasteiger partial charge < -0.3 is 15.0 Å². The smallest absolute Gasteiger partial charge is 0.144 e. The van der Waals surface area contributed by atoms with Crippen LogP contribution in [0.4, 0.5) is 15.8 Å². The summed E-state index contributed by atoms with van der Waals surface area (Å²) in [7, 11) is 1.98. The van der Waals surface area contributed by atoms with Crippen LogP contribution < -0.4 is 10.2 Å². The molecule has 1 aromatic carbocycles. The monoisotopic (exact) mass is 256 g/mol. The van der Waals surface area contributed by atoms with Gasteiger partial charge in [-0.15, -0.1) is 0 Å². The molecule has 2 heterocycles. The summed E-state index contributed by atoms with van der Waals surface area (Å²) in [5.41, 5.74) is 1.75. The Morgan fingerprint density at radius 2 is 2.29 bits per heavy atom. The molecule has 1 aromatic rings. The molecule has 17 heavy (non-hydrogen) atoms. The van der Waals surface area contributed by atoms with Crippen LogP contribution in [-0.4, -0.2) is 32.8 Å². The molecule has 1 N–H and O–H groups in total. The molecule has 0 spiro atoms. The molecule has 3 nitrogen and oxygen atoms in total. The van der Waals surface area contributed by atoms with Gasteiger partial charge in [0.1, 0.15) is 5.82 Å². The first-order valence-electron chi connectivity index (χ1n) is 5.70. The minimum absolute atomic E-state index is 0.160. The lowest BCUT2D eigenvalue weighted by atomic mass is 10.0. The lowest BCUT2D eigenvalue weighted by molar-refractivity contribution is 0.185. The van der Waals surface area contributed by atoms with Crippen LogP contribution in [0, 0.1) is 11.7 Å². The second-order valence-corrected chi connectivity index (χ2v) is 5.05. The topological polar surface area (TPSA) is 24.5 Å². The molecule has 0 saturated carbocycles. The Labute approximate surface area is 105 Å². The molecule has 2 aliphatic heterocycles. The molecule has 1 saturated heterocycles. The number of anilines is 2.